The number of nitrogens with zero attached hydrogens (tertiary/aromatic N) is 5. The first-order chi connectivity index (χ1) is 11.3. The van der Waals surface area contributed by atoms with Gasteiger partial charge in [-0.1, -0.05) is 0 Å². The highest BCUT2D eigenvalue weighted by Gasteiger charge is 2.23. The van der Waals surface area contributed by atoms with E-state index in [0.29, 0.717) is 12.0 Å². The first kappa shape index (κ1) is 14.2. The largest absolute Gasteiger partial charge is 0.368 e. The lowest BCUT2D eigenvalue weighted by atomic mass is 10.2. The number of rotatable bonds is 4. The molecule has 4 rings (SSSR count). The monoisotopic (exact) mass is 314 g/mol. The molecule has 1 N–H and O–H groups in total. The minimum absolute atomic E-state index is 0.202. The van der Waals surface area contributed by atoms with Crippen molar-refractivity contribution in [2.45, 2.75) is 18.9 Å². The van der Waals surface area contributed by atoms with E-state index in [0.717, 1.165) is 37.7 Å². The summed E-state index contributed by atoms with van der Waals surface area (Å²) in [7, 11) is 0. The van der Waals surface area contributed by atoms with Crippen LogP contribution in [0, 0.1) is 5.82 Å². The lowest BCUT2D eigenvalue weighted by Crippen LogP contribution is -2.47. The van der Waals surface area contributed by atoms with Gasteiger partial charge in [0.1, 0.15) is 5.82 Å². The van der Waals surface area contributed by atoms with E-state index in [1.54, 1.807) is 6.20 Å². The Morgan fingerprint density at radius 2 is 1.70 bits per heavy atom. The molecule has 2 aromatic rings. The van der Waals surface area contributed by atoms with E-state index < -0.39 is 0 Å². The number of nitrogens with one attached hydrogen (secondary N) is 1. The second-order valence-corrected chi connectivity index (χ2v) is 6.01. The summed E-state index contributed by atoms with van der Waals surface area (Å²) in [6.07, 6.45) is 4.09. The molecule has 0 spiro atoms. The Morgan fingerprint density at radius 1 is 1.00 bits per heavy atom. The maximum atomic E-state index is 13.0. The molecular formula is C16H19FN6. The molecule has 1 aliphatic carbocycles. The van der Waals surface area contributed by atoms with E-state index in [1.807, 2.05) is 12.1 Å². The maximum Gasteiger partial charge on any atom is 0.247 e. The van der Waals surface area contributed by atoms with Crippen LogP contribution in [-0.2, 0) is 0 Å². The average Bonchev–Trinajstić information content (AvgIpc) is 3.40. The summed E-state index contributed by atoms with van der Waals surface area (Å²) in [5, 5.41) is 11.6. The maximum absolute atomic E-state index is 13.0. The molecular weight excluding hydrogens is 295 g/mol. The van der Waals surface area contributed by atoms with Crippen molar-refractivity contribution in [2.75, 3.05) is 41.3 Å². The molecule has 6 nitrogen and oxygen atoms in total. The van der Waals surface area contributed by atoms with Crippen molar-refractivity contribution < 1.29 is 4.39 Å². The molecule has 0 radical (unpaired) electrons. The van der Waals surface area contributed by atoms with Crippen molar-refractivity contribution in [3.63, 3.8) is 0 Å². The number of hydrogen-bond acceptors (Lipinski definition) is 6. The first-order valence-electron chi connectivity index (χ1n) is 8.00. The molecule has 1 aliphatic heterocycles. The van der Waals surface area contributed by atoms with Crippen LogP contribution in [0.1, 0.15) is 12.8 Å². The molecule has 2 heterocycles. The zero-order valence-corrected chi connectivity index (χ0v) is 12.8. The third kappa shape index (κ3) is 3.33. The Bertz CT molecular complexity index is 665. The fourth-order valence-electron chi connectivity index (χ4n) is 2.75. The van der Waals surface area contributed by atoms with E-state index in [4.69, 9.17) is 0 Å². The molecule has 1 saturated carbocycles. The number of hydrogen-bond donors (Lipinski definition) is 1. The molecule has 1 aromatic carbocycles. The smallest absolute Gasteiger partial charge is 0.247 e. The zero-order chi connectivity index (χ0) is 15.6. The highest BCUT2D eigenvalue weighted by Crippen LogP contribution is 2.24. The van der Waals surface area contributed by atoms with Gasteiger partial charge in [-0.3, -0.25) is 0 Å². The summed E-state index contributed by atoms with van der Waals surface area (Å²) in [6.45, 7) is 3.36. The molecule has 2 fully saturated rings. The molecule has 2 aliphatic rings. The summed E-state index contributed by atoms with van der Waals surface area (Å²) < 4.78 is 13.0. The highest BCUT2D eigenvalue weighted by molar-refractivity contribution is 5.49. The van der Waals surface area contributed by atoms with Crippen molar-refractivity contribution in [3.05, 3.63) is 36.3 Å². The average molecular weight is 314 g/mol. The molecule has 120 valence electrons. The fraction of sp³-hybridized carbons (Fsp3) is 0.438. The van der Waals surface area contributed by atoms with Crippen molar-refractivity contribution in [1.82, 2.24) is 15.2 Å². The lowest BCUT2D eigenvalue weighted by Gasteiger charge is -2.35. The minimum Gasteiger partial charge on any atom is -0.368 e. The van der Waals surface area contributed by atoms with Crippen LogP contribution in [0.25, 0.3) is 0 Å². The molecule has 1 saturated heterocycles. The Morgan fingerprint density at radius 3 is 2.39 bits per heavy atom. The van der Waals surface area contributed by atoms with Crippen LogP contribution in [0.15, 0.2) is 30.5 Å². The SMILES string of the molecule is Fc1ccc(N2CCN(c3nncc(NC4CC4)n3)CC2)cc1. The highest BCUT2D eigenvalue weighted by atomic mass is 19.1. The van der Waals surface area contributed by atoms with Gasteiger partial charge in [0.25, 0.3) is 0 Å². The zero-order valence-electron chi connectivity index (χ0n) is 12.8. The Labute approximate surface area is 134 Å². The van der Waals surface area contributed by atoms with Crippen molar-refractivity contribution in [3.8, 4) is 0 Å². The first-order valence-corrected chi connectivity index (χ1v) is 8.00. The number of benzene rings is 1. The van der Waals surface area contributed by atoms with Crippen LogP contribution in [0.3, 0.4) is 0 Å². The van der Waals surface area contributed by atoms with Gasteiger partial charge in [0.15, 0.2) is 5.82 Å². The number of piperazine rings is 1. The van der Waals surface area contributed by atoms with E-state index in [-0.39, 0.29) is 5.82 Å². The standard InChI is InChI=1S/C16H19FN6/c17-12-1-5-14(6-2-12)22-7-9-23(10-8-22)16-20-15(11-18-21-16)19-13-3-4-13/h1-2,5-6,11,13H,3-4,7-10H2,(H,19,20,21). The predicted molar refractivity (Wildman–Crippen MR) is 87.3 cm³/mol. The van der Waals surface area contributed by atoms with Crippen LogP contribution >= 0.6 is 0 Å². The molecule has 7 heteroatoms. The number of halogens is 1. The third-order valence-electron chi connectivity index (χ3n) is 4.23. The normalized spacial score (nSPS) is 18.1. The fourth-order valence-corrected chi connectivity index (χ4v) is 2.75. The Balaban J connectivity index is 1.39. The molecule has 23 heavy (non-hydrogen) atoms. The summed E-state index contributed by atoms with van der Waals surface area (Å²) >= 11 is 0. The molecule has 1 aromatic heterocycles. The van der Waals surface area contributed by atoms with Gasteiger partial charge in [-0.05, 0) is 37.1 Å². The lowest BCUT2D eigenvalue weighted by molar-refractivity contribution is 0.622. The second kappa shape index (κ2) is 5.98. The van der Waals surface area contributed by atoms with Crippen LogP contribution < -0.4 is 15.1 Å². The topological polar surface area (TPSA) is 57.2 Å². The third-order valence-corrected chi connectivity index (χ3v) is 4.23. The van der Waals surface area contributed by atoms with Gasteiger partial charge in [0, 0.05) is 37.9 Å². The van der Waals surface area contributed by atoms with Crippen LogP contribution in [0.2, 0.25) is 0 Å². The van der Waals surface area contributed by atoms with Gasteiger partial charge >= 0.3 is 0 Å². The van der Waals surface area contributed by atoms with E-state index in [9.17, 15) is 4.39 Å². The Hall–Kier alpha value is -2.44. The van der Waals surface area contributed by atoms with Gasteiger partial charge in [-0.15, -0.1) is 5.10 Å². The van der Waals surface area contributed by atoms with Gasteiger partial charge in [-0.25, -0.2) is 4.39 Å². The summed E-state index contributed by atoms with van der Waals surface area (Å²) in [6, 6.07) is 7.20. The van der Waals surface area contributed by atoms with E-state index >= 15 is 0 Å². The molecule has 0 unspecified atom stereocenters. The van der Waals surface area contributed by atoms with Gasteiger partial charge in [-0.2, -0.15) is 10.1 Å². The van der Waals surface area contributed by atoms with Crippen molar-refractivity contribution >= 4 is 17.5 Å². The number of anilines is 3. The van der Waals surface area contributed by atoms with Crippen molar-refractivity contribution in [2.24, 2.45) is 0 Å². The van der Waals surface area contributed by atoms with Gasteiger partial charge in [0.2, 0.25) is 5.95 Å². The quantitative estimate of drug-likeness (QED) is 0.930. The number of aromatic nitrogens is 3. The van der Waals surface area contributed by atoms with Crippen molar-refractivity contribution in [1.29, 1.82) is 0 Å². The second-order valence-electron chi connectivity index (χ2n) is 6.01. The Kier molecular flexibility index (Phi) is 3.69. The van der Waals surface area contributed by atoms with E-state index in [2.05, 4.69) is 30.3 Å². The van der Waals surface area contributed by atoms with Gasteiger partial charge < -0.3 is 15.1 Å². The molecule has 0 amide bonds. The summed E-state index contributed by atoms with van der Waals surface area (Å²) in [4.78, 5) is 8.95. The van der Waals surface area contributed by atoms with Crippen LogP contribution in [0.5, 0.6) is 0 Å². The van der Waals surface area contributed by atoms with Crippen LogP contribution in [-0.4, -0.2) is 47.4 Å². The molecule has 0 atom stereocenters. The summed E-state index contributed by atoms with van der Waals surface area (Å²) in [5.74, 6) is 1.28. The minimum atomic E-state index is -0.202. The van der Waals surface area contributed by atoms with Gasteiger partial charge in [0.05, 0.1) is 6.20 Å². The molecule has 0 bridgehead atoms. The van der Waals surface area contributed by atoms with Crippen LogP contribution in [0.4, 0.5) is 21.8 Å². The summed E-state index contributed by atoms with van der Waals surface area (Å²) in [5.41, 5.74) is 1.05. The van der Waals surface area contributed by atoms with E-state index in [1.165, 1.54) is 25.0 Å². The predicted octanol–water partition coefficient (Wildman–Crippen LogP) is 1.91.